The lowest BCUT2D eigenvalue weighted by Crippen LogP contribution is -2.46. The van der Waals surface area contributed by atoms with Crippen LogP contribution in [-0.4, -0.2) is 41.9 Å². The Kier molecular flexibility index (Phi) is 5.23. The molecular weight excluding hydrogens is 260 g/mol. The van der Waals surface area contributed by atoms with Crippen LogP contribution in [-0.2, 0) is 9.53 Å². The second-order valence-electron chi connectivity index (χ2n) is 5.99. The Morgan fingerprint density at radius 2 is 2.05 bits per heavy atom. The summed E-state index contributed by atoms with van der Waals surface area (Å²) in [4.78, 5) is 22.5. The lowest BCUT2D eigenvalue weighted by atomic mass is 9.87. The van der Waals surface area contributed by atoms with Crippen LogP contribution in [0.25, 0.3) is 0 Å². The van der Waals surface area contributed by atoms with E-state index < -0.39 is 12.1 Å². The molecule has 2 fully saturated rings. The molecular formula is C14H24N2O4. The summed E-state index contributed by atoms with van der Waals surface area (Å²) in [6.45, 7) is 2.59. The van der Waals surface area contributed by atoms with Gasteiger partial charge in [-0.05, 0) is 31.6 Å². The van der Waals surface area contributed by atoms with Crippen molar-refractivity contribution >= 4 is 12.0 Å². The molecule has 2 rings (SSSR count). The number of rotatable bonds is 4. The number of ether oxygens (including phenoxy) is 1. The van der Waals surface area contributed by atoms with Crippen LogP contribution in [0.5, 0.6) is 0 Å². The molecule has 1 saturated carbocycles. The first-order valence-corrected chi connectivity index (χ1v) is 7.47. The number of nitrogens with one attached hydrogen (secondary N) is 2. The lowest BCUT2D eigenvalue weighted by molar-refractivity contribution is -0.149. The van der Waals surface area contributed by atoms with Crippen LogP contribution >= 0.6 is 0 Å². The summed E-state index contributed by atoms with van der Waals surface area (Å²) in [6, 6.07) is 0.0847. The van der Waals surface area contributed by atoms with Gasteiger partial charge in [-0.2, -0.15) is 0 Å². The zero-order valence-electron chi connectivity index (χ0n) is 11.9. The van der Waals surface area contributed by atoms with Crippen molar-refractivity contribution in [1.29, 1.82) is 0 Å². The van der Waals surface area contributed by atoms with Gasteiger partial charge in [-0.3, -0.25) is 0 Å². The second-order valence-corrected chi connectivity index (χ2v) is 5.99. The van der Waals surface area contributed by atoms with Crippen molar-refractivity contribution in [1.82, 2.24) is 10.6 Å². The van der Waals surface area contributed by atoms with E-state index in [1.54, 1.807) is 0 Å². The number of carboxylic acids is 1. The minimum absolute atomic E-state index is 0.175. The highest BCUT2D eigenvalue weighted by Gasteiger charge is 2.30. The molecule has 3 N–H and O–H groups in total. The highest BCUT2D eigenvalue weighted by atomic mass is 16.5. The van der Waals surface area contributed by atoms with E-state index in [-0.39, 0.29) is 18.2 Å². The second kappa shape index (κ2) is 6.92. The molecule has 0 aromatic rings. The molecule has 6 heteroatoms. The number of hydrogen-bond acceptors (Lipinski definition) is 3. The highest BCUT2D eigenvalue weighted by Crippen LogP contribution is 2.23. The maximum absolute atomic E-state index is 11.8. The number of amides is 2. The predicted molar refractivity (Wildman–Crippen MR) is 73.5 cm³/mol. The van der Waals surface area contributed by atoms with Crippen LogP contribution in [0.3, 0.4) is 0 Å². The molecule has 6 nitrogen and oxygen atoms in total. The standard InChI is InChI=1S/C14H24N2O4/c1-9-3-2-4-10(7-9)16-14(19)15-8-11-5-6-12(20-11)13(17)18/h9-12H,2-8H2,1H3,(H,17,18)(H2,15,16,19). The molecule has 0 bridgehead atoms. The summed E-state index contributed by atoms with van der Waals surface area (Å²) < 4.78 is 5.34. The first kappa shape index (κ1) is 15.1. The fraction of sp³-hybridized carbons (Fsp3) is 0.857. The highest BCUT2D eigenvalue weighted by molar-refractivity contribution is 5.74. The average Bonchev–Trinajstić information content (AvgIpc) is 2.85. The van der Waals surface area contributed by atoms with Crippen LogP contribution in [0, 0.1) is 5.92 Å². The minimum atomic E-state index is -0.923. The molecule has 1 heterocycles. The number of carboxylic acid groups (broad SMARTS) is 1. The molecule has 4 unspecified atom stereocenters. The molecule has 0 radical (unpaired) electrons. The molecule has 2 aliphatic rings. The summed E-state index contributed by atoms with van der Waals surface area (Å²) in [6.07, 6.45) is 4.77. The van der Waals surface area contributed by atoms with E-state index in [9.17, 15) is 9.59 Å². The van der Waals surface area contributed by atoms with E-state index in [1.807, 2.05) is 0 Å². The molecule has 114 valence electrons. The van der Waals surface area contributed by atoms with E-state index in [1.165, 1.54) is 6.42 Å². The lowest BCUT2D eigenvalue weighted by Gasteiger charge is -2.27. The van der Waals surface area contributed by atoms with Gasteiger partial charge in [0.25, 0.3) is 0 Å². The molecule has 20 heavy (non-hydrogen) atoms. The van der Waals surface area contributed by atoms with E-state index in [0.717, 1.165) is 19.3 Å². The summed E-state index contributed by atoms with van der Waals surface area (Å²) in [5.41, 5.74) is 0. The van der Waals surface area contributed by atoms with E-state index >= 15 is 0 Å². The number of aliphatic carboxylic acids is 1. The van der Waals surface area contributed by atoms with E-state index in [4.69, 9.17) is 9.84 Å². The third-order valence-corrected chi connectivity index (χ3v) is 4.14. The molecule has 2 amide bonds. The monoisotopic (exact) mass is 284 g/mol. The first-order chi connectivity index (χ1) is 9.54. The number of hydrogen-bond donors (Lipinski definition) is 3. The van der Waals surface area contributed by atoms with Gasteiger partial charge in [-0.25, -0.2) is 9.59 Å². The predicted octanol–water partition coefficient (Wildman–Crippen LogP) is 1.50. The number of carbonyl (C=O) groups excluding carboxylic acids is 1. The Balaban J connectivity index is 1.64. The molecule has 4 atom stereocenters. The molecule has 1 aliphatic carbocycles. The van der Waals surface area contributed by atoms with E-state index in [0.29, 0.717) is 25.3 Å². The first-order valence-electron chi connectivity index (χ1n) is 7.47. The smallest absolute Gasteiger partial charge is 0.332 e. The van der Waals surface area contributed by atoms with Crippen molar-refractivity contribution in [3.8, 4) is 0 Å². The van der Waals surface area contributed by atoms with Crippen molar-refractivity contribution in [3.63, 3.8) is 0 Å². The van der Waals surface area contributed by atoms with Crippen LogP contribution in [0.4, 0.5) is 4.79 Å². The fourth-order valence-electron chi connectivity index (χ4n) is 3.05. The summed E-state index contributed by atoms with van der Waals surface area (Å²) in [5.74, 6) is -0.253. The van der Waals surface area contributed by atoms with Crippen LogP contribution < -0.4 is 10.6 Å². The van der Waals surface area contributed by atoms with Gasteiger partial charge in [0.1, 0.15) is 0 Å². The zero-order chi connectivity index (χ0) is 14.5. The van der Waals surface area contributed by atoms with Gasteiger partial charge < -0.3 is 20.5 Å². The maximum atomic E-state index is 11.8. The SMILES string of the molecule is CC1CCCC(NC(=O)NCC2CCC(C(=O)O)O2)C1. The average molecular weight is 284 g/mol. The Bertz CT molecular complexity index is 361. The quantitative estimate of drug-likeness (QED) is 0.730. The fourth-order valence-corrected chi connectivity index (χ4v) is 3.05. The van der Waals surface area contributed by atoms with Gasteiger partial charge in [0.05, 0.1) is 6.10 Å². The van der Waals surface area contributed by atoms with Gasteiger partial charge in [-0.1, -0.05) is 19.8 Å². The topological polar surface area (TPSA) is 87.7 Å². The summed E-state index contributed by atoms with van der Waals surface area (Å²) in [5, 5.41) is 14.6. The summed E-state index contributed by atoms with van der Waals surface area (Å²) >= 11 is 0. The van der Waals surface area contributed by atoms with Crippen molar-refractivity contribution in [2.24, 2.45) is 5.92 Å². The maximum Gasteiger partial charge on any atom is 0.332 e. The van der Waals surface area contributed by atoms with E-state index in [2.05, 4.69) is 17.6 Å². The van der Waals surface area contributed by atoms with Gasteiger partial charge in [-0.15, -0.1) is 0 Å². The Hall–Kier alpha value is -1.30. The number of carbonyl (C=O) groups is 2. The van der Waals surface area contributed by atoms with Crippen LogP contribution in [0.2, 0.25) is 0 Å². The zero-order valence-corrected chi connectivity index (χ0v) is 11.9. The van der Waals surface area contributed by atoms with Gasteiger partial charge in [0.15, 0.2) is 6.10 Å². The van der Waals surface area contributed by atoms with Crippen LogP contribution in [0.15, 0.2) is 0 Å². The molecule has 1 saturated heterocycles. The van der Waals surface area contributed by atoms with Gasteiger partial charge >= 0.3 is 12.0 Å². The van der Waals surface area contributed by atoms with Crippen molar-refractivity contribution in [3.05, 3.63) is 0 Å². The van der Waals surface area contributed by atoms with Crippen molar-refractivity contribution in [2.75, 3.05) is 6.54 Å². The normalized spacial score (nSPS) is 33.6. The van der Waals surface area contributed by atoms with Gasteiger partial charge in [0, 0.05) is 12.6 Å². The van der Waals surface area contributed by atoms with Crippen LogP contribution in [0.1, 0.15) is 45.4 Å². The molecule has 1 aliphatic heterocycles. The third-order valence-electron chi connectivity index (χ3n) is 4.14. The third kappa shape index (κ3) is 4.37. The summed E-state index contributed by atoms with van der Waals surface area (Å²) in [7, 11) is 0. The Labute approximate surface area is 119 Å². The van der Waals surface area contributed by atoms with Crippen molar-refractivity contribution in [2.45, 2.75) is 63.7 Å². The Morgan fingerprint density at radius 1 is 1.25 bits per heavy atom. The molecule has 0 aromatic carbocycles. The minimum Gasteiger partial charge on any atom is -0.479 e. The Morgan fingerprint density at radius 3 is 2.70 bits per heavy atom. The van der Waals surface area contributed by atoms with Crippen molar-refractivity contribution < 1.29 is 19.4 Å². The number of urea groups is 1. The largest absolute Gasteiger partial charge is 0.479 e. The molecule has 0 aromatic heterocycles. The molecule has 0 spiro atoms. The van der Waals surface area contributed by atoms with Gasteiger partial charge in [0.2, 0.25) is 0 Å².